The summed E-state index contributed by atoms with van der Waals surface area (Å²) in [6.07, 6.45) is 0. The Hall–Kier alpha value is -1.73. The minimum Gasteiger partial charge on any atom is -0.495 e. The molecular formula is C13H13BrN2O3S. The number of benzene rings is 2. The predicted octanol–water partition coefficient (Wildman–Crippen LogP) is 2.84. The van der Waals surface area contributed by atoms with Crippen molar-refractivity contribution in [1.82, 2.24) is 0 Å². The zero-order chi connectivity index (χ0) is 14.8. The summed E-state index contributed by atoms with van der Waals surface area (Å²) in [7, 11) is -2.18. The highest BCUT2D eigenvalue weighted by molar-refractivity contribution is 9.10. The first-order valence-corrected chi connectivity index (χ1v) is 7.92. The second-order valence-electron chi connectivity index (χ2n) is 3.99. The number of nitrogens with one attached hydrogen (secondary N) is 1. The van der Waals surface area contributed by atoms with Gasteiger partial charge in [-0.25, -0.2) is 8.42 Å². The van der Waals surface area contributed by atoms with E-state index in [2.05, 4.69) is 20.7 Å². The first-order chi connectivity index (χ1) is 9.44. The lowest BCUT2D eigenvalue weighted by atomic mass is 10.2. The van der Waals surface area contributed by atoms with Crippen LogP contribution >= 0.6 is 15.9 Å². The van der Waals surface area contributed by atoms with Crippen LogP contribution in [0, 0.1) is 0 Å². The third-order valence-electron chi connectivity index (χ3n) is 2.61. The standard InChI is InChI=1S/C13H13BrN2O3S/c1-19-12-7-6-9(8-11(12)15)16-20(17,18)13-5-3-2-4-10(13)14/h2-8,16H,15H2,1H3. The van der Waals surface area contributed by atoms with Gasteiger partial charge < -0.3 is 10.5 Å². The maximum absolute atomic E-state index is 12.3. The lowest BCUT2D eigenvalue weighted by molar-refractivity contribution is 0.417. The molecule has 3 N–H and O–H groups in total. The van der Waals surface area contributed by atoms with Gasteiger partial charge in [-0.2, -0.15) is 0 Å². The smallest absolute Gasteiger partial charge is 0.263 e. The van der Waals surface area contributed by atoms with Crippen LogP contribution in [0.15, 0.2) is 51.8 Å². The van der Waals surface area contributed by atoms with Gasteiger partial charge in [0.1, 0.15) is 10.6 Å². The first-order valence-electron chi connectivity index (χ1n) is 5.65. The second-order valence-corrected chi connectivity index (χ2v) is 6.50. The van der Waals surface area contributed by atoms with E-state index in [9.17, 15) is 8.42 Å². The summed E-state index contributed by atoms with van der Waals surface area (Å²) in [5.41, 5.74) is 6.49. The van der Waals surface area contributed by atoms with E-state index in [0.717, 1.165) is 0 Å². The van der Waals surface area contributed by atoms with Crippen molar-refractivity contribution >= 4 is 37.3 Å². The number of anilines is 2. The molecule has 20 heavy (non-hydrogen) atoms. The highest BCUT2D eigenvalue weighted by Crippen LogP contribution is 2.28. The minimum absolute atomic E-state index is 0.161. The molecule has 2 aromatic carbocycles. The molecule has 106 valence electrons. The molecule has 2 rings (SSSR count). The van der Waals surface area contributed by atoms with Gasteiger partial charge in [0, 0.05) is 4.47 Å². The van der Waals surface area contributed by atoms with Crippen LogP contribution in [0.5, 0.6) is 5.75 Å². The van der Waals surface area contributed by atoms with Gasteiger partial charge in [0.25, 0.3) is 10.0 Å². The molecule has 0 aliphatic rings. The van der Waals surface area contributed by atoms with E-state index in [4.69, 9.17) is 10.5 Å². The van der Waals surface area contributed by atoms with E-state index in [1.54, 1.807) is 30.3 Å². The number of rotatable bonds is 4. The average Bonchev–Trinajstić information content (AvgIpc) is 2.38. The number of ether oxygens (including phenoxy) is 1. The molecule has 0 aliphatic carbocycles. The zero-order valence-electron chi connectivity index (χ0n) is 10.6. The van der Waals surface area contributed by atoms with Gasteiger partial charge in [0.2, 0.25) is 0 Å². The van der Waals surface area contributed by atoms with Crippen LogP contribution in [-0.4, -0.2) is 15.5 Å². The number of nitrogens with two attached hydrogens (primary N) is 1. The Labute approximate surface area is 125 Å². The van der Waals surface area contributed by atoms with Gasteiger partial charge in [0.05, 0.1) is 18.5 Å². The number of hydrogen-bond acceptors (Lipinski definition) is 4. The van der Waals surface area contributed by atoms with Crippen molar-refractivity contribution < 1.29 is 13.2 Å². The lowest BCUT2D eigenvalue weighted by Gasteiger charge is -2.11. The highest BCUT2D eigenvalue weighted by atomic mass is 79.9. The molecule has 7 heteroatoms. The summed E-state index contributed by atoms with van der Waals surface area (Å²) in [5.74, 6) is 0.494. The van der Waals surface area contributed by atoms with Gasteiger partial charge in [0.15, 0.2) is 0 Å². The average molecular weight is 357 g/mol. The van der Waals surface area contributed by atoms with E-state index in [0.29, 0.717) is 21.6 Å². The third-order valence-corrected chi connectivity index (χ3v) is 5.00. The third kappa shape index (κ3) is 3.05. The van der Waals surface area contributed by atoms with Crippen molar-refractivity contribution in [3.05, 3.63) is 46.9 Å². The number of halogens is 1. The van der Waals surface area contributed by atoms with E-state index in [-0.39, 0.29) is 4.90 Å². The van der Waals surface area contributed by atoms with Crippen molar-refractivity contribution in [2.75, 3.05) is 17.6 Å². The largest absolute Gasteiger partial charge is 0.495 e. The molecule has 0 atom stereocenters. The highest BCUT2D eigenvalue weighted by Gasteiger charge is 2.17. The van der Waals surface area contributed by atoms with E-state index in [1.165, 1.54) is 19.2 Å². The first kappa shape index (κ1) is 14.7. The van der Waals surface area contributed by atoms with Crippen molar-refractivity contribution in [3.8, 4) is 5.75 Å². The van der Waals surface area contributed by atoms with Gasteiger partial charge in [-0.15, -0.1) is 0 Å². The molecule has 0 radical (unpaired) electrons. The fraction of sp³-hybridized carbons (Fsp3) is 0.0769. The Morgan fingerprint density at radius 3 is 2.50 bits per heavy atom. The summed E-state index contributed by atoms with van der Waals surface area (Å²) in [4.78, 5) is 0.161. The van der Waals surface area contributed by atoms with Crippen LogP contribution in [0.25, 0.3) is 0 Å². The second kappa shape index (κ2) is 5.72. The quantitative estimate of drug-likeness (QED) is 0.825. The molecule has 0 amide bonds. The molecule has 5 nitrogen and oxygen atoms in total. The van der Waals surface area contributed by atoms with Crippen molar-refractivity contribution in [2.24, 2.45) is 0 Å². The summed E-state index contributed by atoms with van der Waals surface area (Å²) in [5, 5.41) is 0. The lowest BCUT2D eigenvalue weighted by Crippen LogP contribution is -2.13. The predicted molar refractivity (Wildman–Crippen MR) is 82.4 cm³/mol. The summed E-state index contributed by atoms with van der Waals surface area (Å²) in [6, 6.07) is 11.3. The molecule has 0 saturated carbocycles. The molecule has 2 aromatic rings. The molecule has 0 fully saturated rings. The normalized spacial score (nSPS) is 11.1. The minimum atomic E-state index is -3.67. The SMILES string of the molecule is COc1ccc(NS(=O)(=O)c2ccccc2Br)cc1N. The van der Waals surface area contributed by atoms with Crippen molar-refractivity contribution in [2.45, 2.75) is 4.90 Å². The fourth-order valence-corrected chi connectivity index (χ4v) is 3.72. The van der Waals surface area contributed by atoms with Crippen LogP contribution in [0.1, 0.15) is 0 Å². The molecule has 0 saturated heterocycles. The summed E-state index contributed by atoms with van der Waals surface area (Å²) in [6.45, 7) is 0. The molecule has 0 spiro atoms. The van der Waals surface area contributed by atoms with Crippen molar-refractivity contribution in [3.63, 3.8) is 0 Å². The van der Waals surface area contributed by atoms with Crippen LogP contribution in [0.4, 0.5) is 11.4 Å². The summed E-state index contributed by atoms with van der Waals surface area (Å²) < 4.78 is 32.5. The van der Waals surface area contributed by atoms with Gasteiger partial charge in [-0.05, 0) is 46.3 Å². The Morgan fingerprint density at radius 2 is 1.90 bits per heavy atom. The Morgan fingerprint density at radius 1 is 1.20 bits per heavy atom. The zero-order valence-corrected chi connectivity index (χ0v) is 13.0. The van der Waals surface area contributed by atoms with Crippen LogP contribution in [0.2, 0.25) is 0 Å². The number of methoxy groups -OCH3 is 1. The molecular weight excluding hydrogens is 344 g/mol. The molecule has 0 aliphatic heterocycles. The van der Waals surface area contributed by atoms with E-state index in [1.807, 2.05) is 0 Å². The van der Waals surface area contributed by atoms with Crippen LogP contribution in [0.3, 0.4) is 0 Å². The number of nitrogen functional groups attached to an aromatic ring is 1. The monoisotopic (exact) mass is 356 g/mol. The van der Waals surface area contributed by atoms with Crippen LogP contribution in [-0.2, 0) is 10.0 Å². The van der Waals surface area contributed by atoms with Gasteiger partial charge >= 0.3 is 0 Å². The van der Waals surface area contributed by atoms with Gasteiger partial charge in [-0.1, -0.05) is 12.1 Å². The fourth-order valence-electron chi connectivity index (χ4n) is 1.67. The maximum atomic E-state index is 12.3. The van der Waals surface area contributed by atoms with Crippen LogP contribution < -0.4 is 15.2 Å². The number of hydrogen-bond donors (Lipinski definition) is 2. The Bertz CT molecular complexity index is 732. The molecule has 0 bridgehead atoms. The molecule has 0 aromatic heterocycles. The summed E-state index contributed by atoms with van der Waals surface area (Å²) >= 11 is 3.22. The van der Waals surface area contributed by atoms with E-state index < -0.39 is 10.0 Å². The maximum Gasteiger partial charge on any atom is 0.263 e. The Balaban J connectivity index is 2.34. The molecule has 0 heterocycles. The molecule has 0 unspecified atom stereocenters. The number of sulfonamides is 1. The van der Waals surface area contributed by atoms with E-state index >= 15 is 0 Å². The Kier molecular flexibility index (Phi) is 4.20. The topological polar surface area (TPSA) is 81.4 Å². The van der Waals surface area contributed by atoms with Gasteiger partial charge in [-0.3, -0.25) is 4.72 Å². The van der Waals surface area contributed by atoms with Crippen molar-refractivity contribution in [1.29, 1.82) is 0 Å².